The minimum absolute atomic E-state index is 0.177. The first-order valence-electron chi connectivity index (χ1n) is 6.60. The maximum absolute atomic E-state index is 12.2. The van der Waals surface area contributed by atoms with E-state index in [0.29, 0.717) is 0 Å². The van der Waals surface area contributed by atoms with E-state index in [1.165, 1.54) is 18.2 Å². The number of aliphatic carboxylic acids is 2. The summed E-state index contributed by atoms with van der Waals surface area (Å²) in [4.78, 5) is 45.7. The van der Waals surface area contributed by atoms with Gasteiger partial charge in [0.15, 0.2) is 0 Å². The number of nitro groups is 1. The van der Waals surface area contributed by atoms with Gasteiger partial charge in [0, 0.05) is 24.0 Å². The van der Waals surface area contributed by atoms with Gasteiger partial charge in [-0.05, 0) is 5.56 Å². The van der Waals surface area contributed by atoms with Gasteiger partial charge in [-0.25, -0.2) is 0 Å². The Morgan fingerprint density at radius 1 is 1.18 bits per heavy atom. The van der Waals surface area contributed by atoms with Crippen LogP contribution in [0.5, 0.6) is 0 Å². The zero-order valence-electron chi connectivity index (χ0n) is 11.1. The van der Waals surface area contributed by atoms with E-state index in [1.807, 2.05) is 0 Å². The van der Waals surface area contributed by atoms with Gasteiger partial charge in [0.2, 0.25) is 0 Å². The average molecular weight is 305 g/mol. The van der Waals surface area contributed by atoms with Crippen molar-refractivity contribution in [3.05, 3.63) is 39.4 Å². The van der Waals surface area contributed by atoms with Gasteiger partial charge in [0.05, 0.1) is 22.7 Å². The van der Waals surface area contributed by atoms with Gasteiger partial charge in [-0.15, -0.1) is 0 Å². The Labute approximate surface area is 123 Å². The van der Waals surface area contributed by atoms with Crippen molar-refractivity contribution in [2.45, 2.75) is 18.3 Å². The van der Waals surface area contributed by atoms with E-state index in [1.54, 1.807) is 0 Å². The number of ketones is 1. The first kappa shape index (κ1) is 14.2. The molecule has 4 atom stereocenters. The molecule has 8 heteroatoms. The minimum atomic E-state index is -1.39. The average Bonchev–Trinajstić information content (AvgIpc) is 2.45. The van der Waals surface area contributed by atoms with Crippen molar-refractivity contribution < 1.29 is 29.5 Å². The van der Waals surface area contributed by atoms with Crippen LogP contribution in [0.4, 0.5) is 5.69 Å². The van der Waals surface area contributed by atoms with E-state index < -0.39 is 40.5 Å². The molecule has 0 spiro atoms. The zero-order chi connectivity index (χ0) is 16.2. The molecule has 2 N–H and O–H groups in total. The normalized spacial score (nSPS) is 29.0. The van der Waals surface area contributed by atoms with E-state index in [-0.39, 0.29) is 29.0 Å². The molecule has 0 saturated heterocycles. The van der Waals surface area contributed by atoms with Crippen molar-refractivity contribution in [1.29, 1.82) is 0 Å². The molecule has 3 aliphatic rings. The number of benzene rings is 1. The number of fused-ring (bicyclic) bond motifs is 2. The fourth-order valence-corrected chi connectivity index (χ4v) is 3.80. The van der Waals surface area contributed by atoms with Crippen LogP contribution >= 0.6 is 0 Å². The summed E-state index contributed by atoms with van der Waals surface area (Å²) in [5, 5.41) is 29.9. The fourth-order valence-electron chi connectivity index (χ4n) is 3.80. The molecule has 1 aromatic carbocycles. The van der Waals surface area contributed by atoms with Crippen LogP contribution in [0.15, 0.2) is 18.2 Å². The van der Waals surface area contributed by atoms with Crippen molar-refractivity contribution in [2.75, 3.05) is 0 Å². The Morgan fingerprint density at radius 3 is 2.36 bits per heavy atom. The Bertz CT molecular complexity index is 726. The largest absolute Gasteiger partial charge is 0.481 e. The van der Waals surface area contributed by atoms with Crippen molar-refractivity contribution in [3.63, 3.8) is 0 Å². The summed E-state index contributed by atoms with van der Waals surface area (Å²) in [5.41, 5.74) is 0.220. The third-order valence-electron chi connectivity index (χ3n) is 4.54. The third kappa shape index (κ3) is 1.73. The molecular weight excluding hydrogens is 294 g/mol. The second-order valence-corrected chi connectivity index (χ2v) is 5.52. The van der Waals surface area contributed by atoms with Gasteiger partial charge < -0.3 is 10.2 Å². The van der Waals surface area contributed by atoms with Crippen molar-refractivity contribution >= 4 is 23.4 Å². The summed E-state index contributed by atoms with van der Waals surface area (Å²) in [5.74, 6) is -7.94. The van der Waals surface area contributed by atoms with E-state index in [0.717, 1.165) is 0 Å². The standard InChI is InChI=1S/C14H11NO7/c16-8-4-6-9-5(2-1-3-7(9)15(21)22)10(8)12(14(19)20)11(6)13(17)18/h1-3,6,10-12H,4H2,(H,17,18)(H,19,20). The molecule has 8 nitrogen and oxygen atoms in total. The van der Waals surface area contributed by atoms with E-state index in [4.69, 9.17) is 0 Å². The highest BCUT2D eigenvalue weighted by atomic mass is 16.6. The molecule has 0 radical (unpaired) electrons. The molecule has 1 saturated carbocycles. The van der Waals surface area contributed by atoms with Gasteiger partial charge in [-0.2, -0.15) is 0 Å². The second kappa shape index (κ2) is 4.62. The minimum Gasteiger partial charge on any atom is -0.481 e. The van der Waals surface area contributed by atoms with Gasteiger partial charge in [0.1, 0.15) is 5.78 Å². The lowest BCUT2D eigenvalue weighted by atomic mass is 9.55. The molecule has 0 heterocycles. The van der Waals surface area contributed by atoms with Crippen molar-refractivity contribution in [1.82, 2.24) is 0 Å². The van der Waals surface area contributed by atoms with E-state index in [9.17, 15) is 34.7 Å². The summed E-state index contributed by atoms with van der Waals surface area (Å²) >= 11 is 0. The lowest BCUT2D eigenvalue weighted by Gasteiger charge is -2.44. The SMILES string of the molecule is O=C1CC2c3c(cccc3[N+](=O)[O-])C1C(C(=O)O)C2C(=O)O. The summed E-state index contributed by atoms with van der Waals surface area (Å²) in [6, 6.07) is 4.11. The highest BCUT2D eigenvalue weighted by Gasteiger charge is 2.58. The molecule has 2 bridgehead atoms. The molecule has 4 rings (SSSR count). The predicted molar refractivity (Wildman–Crippen MR) is 70.5 cm³/mol. The number of rotatable bonds is 3. The Hall–Kier alpha value is -2.77. The maximum Gasteiger partial charge on any atom is 0.308 e. The summed E-state index contributed by atoms with van der Waals surface area (Å²) in [6.45, 7) is 0. The summed E-state index contributed by atoms with van der Waals surface area (Å²) in [7, 11) is 0. The first-order chi connectivity index (χ1) is 10.3. The summed E-state index contributed by atoms with van der Waals surface area (Å²) < 4.78 is 0. The molecule has 1 fully saturated rings. The fraction of sp³-hybridized carbons (Fsp3) is 0.357. The lowest BCUT2D eigenvalue weighted by molar-refractivity contribution is -0.386. The second-order valence-electron chi connectivity index (χ2n) is 5.52. The van der Waals surface area contributed by atoms with Crippen molar-refractivity contribution in [2.24, 2.45) is 11.8 Å². The molecule has 22 heavy (non-hydrogen) atoms. The number of nitrogens with zero attached hydrogens (tertiary/aromatic N) is 1. The number of carbonyl (C=O) groups excluding carboxylic acids is 1. The van der Waals surface area contributed by atoms with Crippen molar-refractivity contribution in [3.8, 4) is 0 Å². The molecule has 4 unspecified atom stereocenters. The lowest BCUT2D eigenvalue weighted by Crippen LogP contribution is -2.50. The summed E-state index contributed by atoms with van der Waals surface area (Å²) in [6.07, 6.45) is -0.177. The molecule has 114 valence electrons. The first-order valence-corrected chi connectivity index (χ1v) is 6.60. The molecular formula is C14H11NO7. The topological polar surface area (TPSA) is 135 Å². The quantitative estimate of drug-likeness (QED) is 0.631. The number of hydrogen-bond donors (Lipinski definition) is 2. The van der Waals surface area contributed by atoms with Crippen LogP contribution in [0.25, 0.3) is 0 Å². The van der Waals surface area contributed by atoms with Gasteiger partial charge in [-0.1, -0.05) is 12.1 Å². The van der Waals surface area contributed by atoms with Crippen LogP contribution in [-0.4, -0.2) is 32.9 Å². The molecule has 0 amide bonds. The third-order valence-corrected chi connectivity index (χ3v) is 4.54. The molecule has 0 aromatic heterocycles. The van der Waals surface area contributed by atoms with Crippen LogP contribution in [0.2, 0.25) is 0 Å². The molecule has 3 aliphatic carbocycles. The number of carboxylic acids is 2. The number of carboxylic acid groups (broad SMARTS) is 2. The Balaban J connectivity index is 2.30. The van der Waals surface area contributed by atoms with Crippen LogP contribution < -0.4 is 0 Å². The highest BCUT2D eigenvalue weighted by molar-refractivity contribution is 5.99. The van der Waals surface area contributed by atoms with Crippen LogP contribution in [-0.2, 0) is 14.4 Å². The van der Waals surface area contributed by atoms with Gasteiger partial charge in [0.25, 0.3) is 5.69 Å². The predicted octanol–water partition coefficient (Wildman–Crippen LogP) is 1.15. The smallest absolute Gasteiger partial charge is 0.308 e. The van der Waals surface area contributed by atoms with Crippen LogP contribution in [0.3, 0.4) is 0 Å². The number of Topliss-reactive ketones (excluding diaryl/α,β-unsaturated/α-hetero) is 1. The van der Waals surface area contributed by atoms with Crippen LogP contribution in [0, 0.1) is 22.0 Å². The van der Waals surface area contributed by atoms with E-state index >= 15 is 0 Å². The molecule has 0 aliphatic heterocycles. The number of nitro benzene ring substituents is 1. The van der Waals surface area contributed by atoms with E-state index in [2.05, 4.69) is 0 Å². The highest BCUT2D eigenvalue weighted by Crippen LogP contribution is 2.56. The Kier molecular flexibility index (Phi) is 2.98. The maximum atomic E-state index is 12.2. The van der Waals surface area contributed by atoms with Gasteiger partial charge in [-0.3, -0.25) is 24.5 Å². The van der Waals surface area contributed by atoms with Gasteiger partial charge >= 0.3 is 11.9 Å². The monoisotopic (exact) mass is 305 g/mol. The zero-order valence-corrected chi connectivity index (χ0v) is 11.1. The Morgan fingerprint density at radius 2 is 1.82 bits per heavy atom. The van der Waals surface area contributed by atoms with Crippen LogP contribution in [0.1, 0.15) is 29.4 Å². The molecule has 1 aromatic rings. The number of carbonyl (C=O) groups is 3. The number of hydrogen-bond acceptors (Lipinski definition) is 5.